The lowest BCUT2D eigenvalue weighted by Gasteiger charge is -2.34. The van der Waals surface area contributed by atoms with E-state index in [2.05, 4.69) is 27.8 Å². The molecule has 0 bridgehead atoms. The van der Waals surface area contributed by atoms with Gasteiger partial charge in [-0.05, 0) is 31.0 Å². The highest BCUT2D eigenvalue weighted by Crippen LogP contribution is 2.29. The van der Waals surface area contributed by atoms with Crippen molar-refractivity contribution in [3.8, 4) is 0 Å². The first kappa shape index (κ1) is 13.7. The smallest absolute Gasteiger partial charge is 0.0465 e. The van der Waals surface area contributed by atoms with Gasteiger partial charge in [0.25, 0.3) is 0 Å². The van der Waals surface area contributed by atoms with Crippen LogP contribution in [0.15, 0.2) is 18.2 Å². The zero-order valence-corrected chi connectivity index (χ0v) is 12.9. The van der Waals surface area contributed by atoms with Crippen LogP contribution in [0.5, 0.6) is 0 Å². The second-order valence-electron chi connectivity index (χ2n) is 4.72. The number of piperidine rings is 1. The highest BCUT2D eigenvalue weighted by atomic mass is 79.9. The minimum absolute atomic E-state index is 0.567. The Kier molecular flexibility index (Phi) is 4.76. The summed E-state index contributed by atoms with van der Waals surface area (Å²) < 4.78 is 0. The van der Waals surface area contributed by atoms with Gasteiger partial charge in [-0.3, -0.25) is 4.90 Å². The van der Waals surface area contributed by atoms with E-state index in [9.17, 15) is 0 Å². The molecule has 1 aromatic rings. The van der Waals surface area contributed by atoms with Crippen molar-refractivity contribution >= 4 is 39.1 Å². The van der Waals surface area contributed by atoms with Crippen molar-refractivity contribution in [2.75, 3.05) is 13.1 Å². The maximum atomic E-state index is 6.19. The van der Waals surface area contributed by atoms with Gasteiger partial charge in [0.15, 0.2) is 0 Å². The molecular weight excluding hydrogens is 321 g/mol. The average molecular weight is 337 g/mol. The van der Waals surface area contributed by atoms with Gasteiger partial charge in [-0.2, -0.15) is 0 Å². The van der Waals surface area contributed by atoms with Crippen LogP contribution in [0.4, 0.5) is 0 Å². The van der Waals surface area contributed by atoms with E-state index in [0.717, 1.165) is 41.2 Å². The Morgan fingerprint density at radius 3 is 2.59 bits per heavy atom. The fourth-order valence-corrected chi connectivity index (χ4v) is 3.33. The Morgan fingerprint density at radius 2 is 2.00 bits per heavy atom. The molecule has 1 aliphatic heterocycles. The monoisotopic (exact) mass is 335 g/mol. The highest BCUT2D eigenvalue weighted by molar-refractivity contribution is 9.09. The second-order valence-corrected chi connectivity index (χ2v) is 6.71. The summed E-state index contributed by atoms with van der Waals surface area (Å²) in [5.74, 6) is 0.743. The number of benzene rings is 1. The fraction of sp³-hybridized carbons (Fsp3) is 0.538. The van der Waals surface area contributed by atoms with Gasteiger partial charge in [-0.1, -0.05) is 52.1 Å². The molecule has 0 N–H and O–H groups in total. The van der Waals surface area contributed by atoms with Crippen LogP contribution >= 0.6 is 39.1 Å². The summed E-state index contributed by atoms with van der Waals surface area (Å²) in [5.41, 5.74) is 1.05. The minimum atomic E-state index is 0.567. The van der Waals surface area contributed by atoms with E-state index in [1.807, 2.05) is 18.2 Å². The molecule has 17 heavy (non-hydrogen) atoms. The molecule has 0 amide bonds. The van der Waals surface area contributed by atoms with Gasteiger partial charge < -0.3 is 0 Å². The van der Waals surface area contributed by atoms with Gasteiger partial charge in [0, 0.05) is 33.5 Å². The van der Waals surface area contributed by atoms with Gasteiger partial charge in [0.05, 0.1) is 0 Å². The van der Waals surface area contributed by atoms with Crippen LogP contribution in [0, 0.1) is 5.92 Å². The van der Waals surface area contributed by atoms with Crippen molar-refractivity contribution < 1.29 is 0 Å². The van der Waals surface area contributed by atoms with Gasteiger partial charge in [-0.15, -0.1) is 0 Å². The maximum absolute atomic E-state index is 6.19. The molecule has 1 saturated heterocycles. The van der Waals surface area contributed by atoms with Gasteiger partial charge in [0.1, 0.15) is 0 Å². The van der Waals surface area contributed by atoms with Crippen LogP contribution in [-0.2, 0) is 6.54 Å². The van der Waals surface area contributed by atoms with E-state index >= 15 is 0 Å². The molecule has 2 atom stereocenters. The highest BCUT2D eigenvalue weighted by Gasteiger charge is 2.24. The summed E-state index contributed by atoms with van der Waals surface area (Å²) in [5, 5.41) is 1.53. The molecule has 2 rings (SSSR count). The zero-order chi connectivity index (χ0) is 12.4. The average Bonchev–Trinajstić information content (AvgIpc) is 2.28. The molecule has 1 heterocycles. The van der Waals surface area contributed by atoms with Gasteiger partial charge in [-0.25, -0.2) is 0 Å². The molecule has 2 unspecified atom stereocenters. The first-order valence-corrected chi connectivity index (χ1v) is 7.54. The number of nitrogens with zero attached hydrogens (tertiary/aromatic N) is 1. The fourth-order valence-electron chi connectivity index (χ4n) is 2.14. The summed E-state index contributed by atoms with van der Waals surface area (Å²) in [6.45, 7) is 5.31. The number of hydrogen-bond donors (Lipinski definition) is 0. The van der Waals surface area contributed by atoms with Crippen LogP contribution in [-0.4, -0.2) is 22.8 Å². The van der Waals surface area contributed by atoms with Crippen molar-refractivity contribution in [3.05, 3.63) is 33.8 Å². The Morgan fingerprint density at radius 1 is 1.35 bits per heavy atom. The third-order valence-corrected chi connectivity index (χ3v) is 5.29. The molecule has 94 valence electrons. The SMILES string of the molecule is CC1CCN(Cc2c(Cl)cccc2Cl)CC1Br. The molecule has 1 nitrogen and oxygen atoms in total. The molecule has 0 saturated carbocycles. The van der Waals surface area contributed by atoms with E-state index in [4.69, 9.17) is 23.2 Å². The van der Waals surface area contributed by atoms with Gasteiger partial charge >= 0.3 is 0 Å². The van der Waals surface area contributed by atoms with Crippen LogP contribution in [0.3, 0.4) is 0 Å². The van der Waals surface area contributed by atoms with Crippen molar-refractivity contribution in [2.45, 2.75) is 24.7 Å². The number of halogens is 3. The molecular formula is C13H16BrCl2N. The summed E-state index contributed by atoms with van der Waals surface area (Å²) in [4.78, 5) is 2.98. The summed E-state index contributed by atoms with van der Waals surface area (Å²) >= 11 is 16.1. The Bertz CT molecular complexity index is 377. The molecule has 0 radical (unpaired) electrons. The number of alkyl halides is 1. The summed E-state index contributed by atoms with van der Waals surface area (Å²) in [7, 11) is 0. The van der Waals surface area contributed by atoms with Crippen molar-refractivity contribution in [1.29, 1.82) is 0 Å². The molecule has 1 aromatic carbocycles. The van der Waals surface area contributed by atoms with Crippen LogP contribution in [0.1, 0.15) is 18.9 Å². The van der Waals surface area contributed by atoms with E-state index in [1.54, 1.807) is 0 Å². The lowest BCUT2D eigenvalue weighted by molar-refractivity contribution is 0.194. The number of hydrogen-bond acceptors (Lipinski definition) is 1. The third kappa shape index (κ3) is 3.37. The first-order chi connectivity index (χ1) is 8.08. The van der Waals surface area contributed by atoms with Crippen LogP contribution in [0.2, 0.25) is 10.0 Å². The molecule has 0 aliphatic carbocycles. The molecule has 1 aliphatic rings. The topological polar surface area (TPSA) is 3.24 Å². The standard InChI is InChI=1S/C13H16BrCl2N/c1-9-5-6-17(8-11(9)14)7-10-12(15)3-2-4-13(10)16/h2-4,9,11H,5-8H2,1H3. The molecule has 1 fully saturated rings. The third-order valence-electron chi connectivity index (χ3n) is 3.39. The summed E-state index contributed by atoms with van der Waals surface area (Å²) in [6.07, 6.45) is 1.22. The molecule has 0 spiro atoms. The lowest BCUT2D eigenvalue weighted by atomic mass is 9.98. The molecule has 4 heteroatoms. The first-order valence-electron chi connectivity index (χ1n) is 5.87. The minimum Gasteiger partial charge on any atom is -0.298 e. The number of likely N-dealkylation sites (tertiary alicyclic amines) is 1. The maximum Gasteiger partial charge on any atom is 0.0465 e. The summed E-state index contributed by atoms with van der Waals surface area (Å²) in [6, 6.07) is 5.70. The van der Waals surface area contributed by atoms with E-state index in [0.29, 0.717) is 4.83 Å². The lowest BCUT2D eigenvalue weighted by Crippen LogP contribution is -2.39. The number of rotatable bonds is 2. The van der Waals surface area contributed by atoms with E-state index in [1.165, 1.54) is 6.42 Å². The second kappa shape index (κ2) is 5.92. The Balaban J connectivity index is 2.06. The molecule has 0 aromatic heterocycles. The van der Waals surface area contributed by atoms with E-state index < -0.39 is 0 Å². The van der Waals surface area contributed by atoms with Gasteiger partial charge in [0.2, 0.25) is 0 Å². The van der Waals surface area contributed by atoms with Crippen molar-refractivity contribution in [3.63, 3.8) is 0 Å². The predicted octanol–water partition coefficient (Wildman–Crippen LogP) is 4.60. The largest absolute Gasteiger partial charge is 0.298 e. The van der Waals surface area contributed by atoms with Crippen LogP contribution < -0.4 is 0 Å². The van der Waals surface area contributed by atoms with Crippen LogP contribution in [0.25, 0.3) is 0 Å². The quantitative estimate of drug-likeness (QED) is 0.713. The Labute approximate surface area is 121 Å². The Hall–Kier alpha value is 0.240. The zero-order valence-electron chi connectivity index (χ0n) is 9.80. The van der Waals surface area contributed by atoms with Crippen molar-refractivity contribution in [1.82, 2.24) is 4.90 Å². The normalized spacial score (nSPS) is 26.1. The predicted molar refractivity (Wildman–Crippen MR) is 78.2 cm³/mol. The van der Waals surface area contributed by atoms with E-state index in [-0.39, 0.29) is 0 Å². The van der Waals surface area contributed by atoms with Crippen molar-refractivity contribution in [2.24, 2.45) is 5.92 Å².